The lowest BCUT2D eigenvalue weighted by molar-refractivity contribution is -0.131. The Bertz CT molecular complexity index is 595. The van der Waals surface area contributed by atoms with Gasteiger partial charge in [0, 0.05) is 38.1 Å². The summed E-state index contributed by atoms with van der Waals surface area (Å²) in [5.74, 6) is 1.58. The number of hydrogen-bond donors (Lipinski definition) is 3. The topological polar surface area (TPSA) is 80.2 Å². The number of benzene rings is 1. The second kappa shape index (κ2) is 6.19. The van der Waals surface area contributed by atoms with Gasteiger partial charge < -0.3 is 29.7 Å². The smallest absolute Gasteiger partial charge is 0.161 e. The van der Waals surface area contributed by atoms with Crippen LogP contribution in [0, 0.1) is 0 Å². The molecule has 0 amide bonds. The van der Waals surface area contributed by atoms with Crippen molar-refractivity contribution in [3.05, 3.63) is 23.8 Å². The minimum atomic E-state index is -1.05. The fourth-order valence-corrected chi connectivity index (χ4v) is 3.57. The molecule has 1 saturated carbocycles. The van der Waals surface area contributed by atoms with Crippen LogP contribution in [-0.4, -0.2) is 54.9 Å². The molecule has 6 heteroatoms. The summed E-state index contributed by atoms with van der Waals surface area (Å²) in [4.78, 5) is 0. The van der Waals surface area contributed by atoms with E-state index in [1.165, 1.54) is 0 Å². The minimum Gasteiger partial charge on any atom is -0.486 e. The van der Waals surface area contributed by atoms with Crippen molar-refractivity contribution in [2.75, 3.05) is 33.0 Å². The fourth-order valence-electron chi connectivity index (χ4n) is 3.57. The summed E-state index contributed by atoms with van der Waals surface area (Å²) in [6.07, 6.45) is 2.19. The van der Waals surface area contributed by atoms with Gasteiger partial charge in [-0.3, -0.25) is 0 Å². The molecule has 0 radical (unpaired) electrons. The number of ether oxygens (including phenoxy) is 3. The largest absolute Gasteiger partial charge is 0.486 e. The molecule has 1 aromatic carbocycles. The van der Waals surface area contributed by atoms with Crippen LogP contribution in [0.2, 0.25) is 0 Å². The Morgan fingerprint density at radius 2 is 1.71 bits per heavy atom. The summed E-state index contributed by atoms with van der Waals surface area (Å²) in [5, 5.41) is 24.5. The van der Waals surface area contributed by atoms with E-state index in [0.717, 1.165) is 29.9 Å². The van der Waals surface area contributed by atoms with Crippen molar-refractivity contribution in [2.45, 2.75) is 42.9 Å². The molecule has 6 nitrogen and oxygen atoms in total. The zero-order chi connectivity index (χ0) is 16.6. The molecule has 1 atom stereocenters. The Morgan fingerprint density at radius 1 is 1.00 bits per heavy atom. The fraction of sp³-hybridized carbons (Fsp3) is 0.667. The molecule has 2 fully saturated rings. The monoisotopic (exact) mass is 335 g/mol. The molecule has 1 aromatic rings. The lowest BCUT2D eigenvalue weighted by atomic mass is 9.88. The molecular formula is C18H25NO5. The molecule has 3 aliphatic rings. The van der Waals surface area contributed by atoms with Gasteiger partial charge >= 0.3 is 0 Å². The van der Waals surface area contributed by atoms with Crippen molar-refractivity contribution in [1.29, 1.82) is 0 Å². The molecule has 1 aliphatic carbocycles. The third-order valence-electron chi connectivity index (χ3n) is 5.46. The molecule has 1 saturated heterocycles. The van der Waals surface area contributed by atoms with Crippen LogP contribution in [0.5, 0.6) is 11.5 Å². The predicted octanol–water partition coefficient (Wildman–Crippen LogP) is 0.939. The van der Waals surface area contributed by atoms with Gasteiger partial charge in [0.15, 0.2) is 11.5 Å². The molecule has 2 heterocycles. The van der Waals surface area contributed by atoms with Gasteiger partial charge in [0.05, 0.1) is 11.7 Å². The third kappa shape index (κ3) is 2.99. The van der Waals surface area contributed by atoms with Gasteiger partial charge in [0.25, 0.3) is 0 Å². The number of rotatable bonds is 5. The SMILES string of the molecule is OC(CNC1(c2ccc3c(c2)OCCO3)CC1)C1(O)CCOCC1. The lowest BCUT2D eigenvalue weighted by Gasteiger charge is -2.37. The Labute approximate surface area is 141 Å². The summed E-state index contributed by atoms with van der Waals surface area (Å²) in [5.41, 5.74) is -0.0233. The Balaban J connectivity index is 1.42. The normalized spacial score (nSPS) is 25.1. The molecule has 1 unspecified atom stereocenters. The van der Waals surface area contributed by atoms with Gasteiger partial charge in [-0.2, -0.15) is 0 Å². The first-order chi connectivity index (χ1) is 11.6. The van der Waals surface area contributed by atoms with E-state index in [2.05, 4.69) is 11.4 Å². The van der Waals surface area contributed by atoms with E-state index in [9.17, 15) is 10.2 Å². The molecule has 24 heavy (non-hydrogen) atoms. The van der Waals surface area contributed by atoms with Crippen molar-refractivity contribution in [1.82, 2.24) is 5.32 Å². The first kappa shape index (κ1) is 16.1. The third-order valence-corrected chi connectivity index (χ3v) is 5.46. The van der Waals surface area contributed by atoms with Crippen molar-refractivity contribution in [2.24, 2.45) is 0 Å². The molecule has 2 aliphatic heterocycles. The van der Waals surface area contributed by atoms with E-state index >= 15 is 0 Å². The number of aliphatic hydroxyl groups excluding tert-OH is 1. The highest BCUT2D eigenvalue weighted by Crippen LogP contribution is 2.48. The summed E-state index contributed by atoms with van der Waals surface area (Å²) >= 11 is 0. The zero-order valence-electron chi connectivity index (χ0n) is 13.8. The van der Waals surface area contributed by atoms with E-state index < -0.39 is 11.7 Å². The summed E-state index contributed by atoms with van der Waals surface area (Å²) in [6.45, 7) is 2.53. The van der Waals surface area contributed by atoms with E-state index in [1.807, 2.05) is 12.1 Å². The quantitative estimate of drug-likeness (QED) is 0.743. The molecule has 0 spiro atoms. The van der Waals surface area contributed by atoms with Gasteiger partial charge in [-0.05, 0) is 30.5 Å². The van der Waals surface area contributed by atoms with Crippen LogP contribution in [0.1, 0.15) is 31.2 Å². The Morgan fingerprint density at radius 3 is 2.42 bits per heavy atom. The lowest BCUT2D eigenvalue weighted by Crippen LogP contribution is -2.52. The van der Waals surface area contributed by atoms with Crippen molar-refractivity contribution >= 4 is 0 Å². The molecule has 3 N–H and O–H groups in total. The highest BCUT2D eigenvalue weighted by atomic mass is 16.6. The van der Waals surface area contributed by atoms with Gasteiger partial charge in [0.1, 0.15) is 13.2 Å². The first-order valence-corrected chi connectivity index (χ1v) is 8.75. The first-order valence-electron chi connectivity index (χ1n) is 8.75. The molecule has 4 rings (SSSR count). The van der Waals surface area contributed by atoms with E-state index in [4.69, 9.17) is 14.2 Å². The Hall–Kier alpha value is -1.34. The van der Waals surface area contributed by atoms with Crippen molar-refractivity contribution < 1.29 is 24.4 Å². The van der Waals surface area contributed by atoms with Crippen LogP contribution >= 0.6 is 0 Å². The number of hydrogen-bond acceptors (Lipinski definition) is 6. The average molecular weight is 335 g/mol. The molecular weight excluding hydrogens is 310 g/mol. The van der Waals surface area contributed by atoms with Gasteiger partial charge in [-0.1, -0.05) is 6.07 Å². The maximum Gasteiger partial charge on any atom is 0.161 e. The van der Waals surface area contributed by atoms with Crippen LogP contribution < -0.4 is 14.8 Å². The zero-order valence-corrected chi connectivity index (χ0v) is 13.8. The van der Waals surface area contributed by atoms with Crippen molar-refractivity contribution in [3.8, 4) is 11.5 Å². The second-order valence-electron chi connectivity index (χ2n) is 7.05. The maximum absolute atomic E-state index is 10.6. The van der Waals surface area contributed by atoms with Crippen molar-refractivity contribution in [3.63, 3.8) is 0 Å². The van der Waals surface area contributed by atoms with Crippen LogP contribution in [0.3, 0.4) is 0 Å². The molecule has 0 aromatic heterocycles. The second-order valence-corrected chi connectivity index (χ2v) is 7.05. The van der Waals surface area contributed by atoms with Gasteiger partial charge in [0.2, 0.25) is 0 Å². The van der Waals surface area contributed by atoms with Crippen LogP contribution in [0.25, 0.3) is 0 Å². The predicted molar refractivity (Wildman–Crippen MR) is 87.4 cm³/mol. The van der Waals surface area contributed by atoms with E-state index in [-0.39, 0.29) is 5.54 Å². The van der Waals surface area contributed by atoms with Crippen LogP contribution in [0.4, 0.5) is 0 Å². The number of nitrogens with one attached hydrogen (secondary N) is 1. The van der Waals surface area contributed by atoms with Crippen LogP contribution in [-0.2, 0) is 10.3 Å². The Kier molecular flexibility index (Phi) is 4.16. The van der Waals surface area contributed by atoms with Gasteiger partial charge in [-0.15, -0.1) is 0 Å². The summed E-state index contributed by atoms with van der Waals surface area (Å²) in [7, 11) is 0. The molecule has 132 valence electrons. The van der Waals surface area contributed by atoms with E-state index in [0.29, 0.717) is 45.8 Å². The van der Waals surface area contributed by atoms with E-state index in [1.54, 1.807) is 0 Å². The minimum absolute atomic E-state index is 0.127. The van der Waals surface area contributed by atoms with Crippen LogP contribution in [0.15, 0.2) is 18.2 Å². The standard InChI is InChI=1S/C18H25NO5/c20-16(18(21)5-7-22-8-6-18)12-19-17(3-4-17)13-1-2-14-15(11-13)24-10-9-23-14/h1-2,11,16,19-21H,3-10,12H2. The number of fused-ring (bicyclic) bond motifs is 1. The average Bonchev–Trinajstić information content (AvgIpc) is 3.41. The van der Waals surface area contributed by atoms with Gasteiger partial charge in [-0.25, -0.2) is 0 Å². The number of aliphatic hydroxyl groups is 2. The molecule has 0 bridgehead atoms. The summed E-state index contributed by atoms with van der Waals surface area (Å²) in [6, 6.07) is 6.04. The maximum atomic E-state index is 10.6. The summed E-state index contributed by atoms with van der Waals surface area (Å²) < 4.78 is 16.5. The highest BCUT2D eigenvalue weighted by Gasteiger charge is 2.46. The highest BCUT2D eigenvalue weighted by molar-refractivity contribution is 5.47.